The average Bonchev–Trinajstić information content (AvgIpc) is 2.53. The number of nitrogens with zero attached hydrogens (tertiary/aromatic N) is 2. The fourth-order valence-corrected chi connectivity index (χ4v) is 2.81. The molecular weight excluding hydrogens is 266 g/mol. The van der Waals surface area contributed by atoms with Gasteiger partial charge in [-0.25, -0.2) is 0 Å². The van der Waals surface area contributed by atoms with E-state index in [0.29, 0.717) is 19.0 Å². The highest BCUT2D eigenvalue weighted by Gasteiger charge is 2.26. The van der Waals surface area contributed by atoms with Crippen molar-refractivity contribution in [1.29, 1.82) is 0 Å². The third-order valence-electron chi connectivity index (χ3n) is 3.89. The molecule has 0 bridgehead atoms. The minimum atomic E-state index is -0.000787. The van der Waals surface area contributed by atoms with Gasteiger partial charge >= 0.3 is 0 Å². The van der Waals surface area contributed by atoms with Gasteiger partial charge in [0.15, 0.2) is 0 Å². The van der Waals surface area contributed by atoms with Crippen molar-refractivity contribution in [2.24, 2.45) is 10.9 Å². The van der Waals surface area contributed by atoms with Gasteiger partial charge in [-0.05, 0) is 18.4 Å². The van der Waals surface area contributed by atoms with Gasteiger partial charge in [0.1, 0.15) is 5.84 Å². The summed E-state index contributed by atoms with van der Waals surface area (Å²) in [4.78, 5) is 2.26. The first-order valence-corrected chi connectivity index (χ1v) is 7.55. The molecule has 0 fully saturated rings. The third-order valence-corrected chi connectivity index (χ3v) is 3.89. The van der Waals surface area contributed by atoms with Gasteiger partial charge in [0, 0.05) is 25.0 Å². The third kappa shape index (κ3) is 5.02. The number of aliphatic hydroxyl groups is 1. The molecule has 0 heterocycles. The van der Waals surface area contributed by atoms with E-state index in [-0.39, 0.29) is 18.5 Å². The molecule has 1 atom stereocenters. The molecule has 5 heteroatoms. The summed E-state index contributed by atoms with van der Waals surface area (Å²) in [5.74, 6) is 0.206. The second-order valence-corrected chi connectivity index (χ2v) is 5.15. The second kappa shape index (κ2) is 9.37. The summed E-state index contributed by atoms with van der Waals surface area (Å²) in [6.07, 6.45) is 2.43. The Morgan fingerprint density at radius 3 is 2.33 bits per heavy atom. The normalized spacial score (nSPS) is 13.9. The van der Waals surface area contributed by atoms with E-state index in [1.54, 1.807) is 0 Å². The lowest BCUT2D eigenvalue weighted by Crippen LogP contribution is -2.41. The van der Waals surface area contributed by atoms with Gasteiger partial charge in [-0.1, -0.05) is 49.3 Å². The molecule has 0 saturated heterocycles. The van der Waals surface area contributed by atoms with Crippen LogP contribution in [0.1, 0.15) is 44.7 Å². The molecular formula is C16H27N3O2. The second-order valence-electron chi connectivity index (χ2n) is 5.15. The largest absolute Gasteiger partial charge is 0.409 e. The standard InChI is InChI=1S/C16H27N3O2/c1-3-14(4-2)19(10-11-20)15(12-16(17)18-21)13-8-6-5-7-9-13/h5-9,14-15,20-21H,3-4,10-12H2,1-2H3,(H2,17,18). The summed E-state index contributed by atoms with van der Waals surface area (Å²) in [7, 11) is 0. The molecule has 0 radical (unpaired) electrons. The Balaban J connectivity index is 3.11. The molecule has 0 saturated carbocycles. The van der Waals surface area contributed by atoms with Gasteiger partial charge in [-0.3, -0.25) is 4.90 Å². The molecule has 1 rings (SSSR count). The van der Waals surface area contributed by atoms with Crippen molar-refractivity contribution in [3.63, 3.8) is 0 Å². The first kappa shape index (κ1) is 17.5. The number of oxime groups is 1. The van der Waals surface area contributed by atoms with Crippen molar-refractivity contribution in [2.45, 2.75) is 45.2 Å². The van der Waals surface area contributed by atoms with Crippen LogP contribution in [0.2, 0.25) is 0 Å². The van der Waals surface area contributed by atoms with Crippen LogP contribution in [0.5, 0.6) is 0 Å². The van der Waals surface area contributed by atoms with Crippen LogP contribution in [-0.4, -0.2) is 40.2 Å². The zero-order valence-electron chi connectivity index (χ0n) is 12.9. The van der Waals surface area contributed by atoms with E-state index < -0.39 is 0 Å². The smallest absolute Gasteiger partial charge is 0.141 e. The predicted octanol–water partition coefficient (Wildman–Crippen LogP) is 2.35. The average molecular weight is 293 g/mol. The highest BCUT2D eigenvalue weighted by molar-refractivity contribution is 5.80. The Bertz CT molecular complexity index is 419. The van der Waals surface area contributed by atoms with E-state index in [4.69, 9.17) is 10.9 Å². The van der Waals surface area contributed by atoms with Crippen LogP contribution in [0.4, 0.5) is 0 Å². The lowest BCUT2D eigenvalue weighted by atomic mass is 9.97. The Kier molecular flexibility index (Phi) is 7.79. The molecule has 0 aliphatic rings. The minimum Gasteiger partial charge on any atom is -0.409 e. The minimum absolute atomic E-state index is 0.000787. The number of benzene rings is 1. The number of hydrogen-bond acceptors (Lipinski definition) is 4. The Hall–Kier alpha value is -1.59. The van der Waals surface area contributed by atoms with Crippen LogP contribution in [0.15, 0.2) is 35.5 Å². The van der Waals surface area contributed by atoms with E-state index in [1.165, 1.54) is 0 Å². The number of amidine groups is 1. The molecule has 0 amide bonds. The van der Waals surface area contributed by atoms with Gasteiger partial charge in [-0.15, -0.1) is 0 Å². The lowest BCUT2D eigenvalue weighted by Gasteiger charge is -2.37. The molecule has 0 spiro atoms. The number of aliphatic hydroxyl groups excluding tert-OH is 1. The zero-order chi connectivity index (χ0) is 15.7. The van der Waals surface area contributed by atoms with Crippen molar-refractivity contribution in [2.75, 3.05) is 13.2 Å². The van der Waals surface area contributed by atoms with E-state index in [9.17, 15) is 5.11 Å². The van der Waals surface area contributed by atoms with Crippen LogP contribution >= 0.6 is 0 Å². The molecule has 1 aromatic rings. The Morgan fingerprint density at radius 2 is 1.86 bits per heavy atom. The Morgan fingerprint density at radius 1 is 1.24 bits per heavy atom. The Labute approximate surface area is 127 Å². The van der Waals surface area contributed by atoms with E-state index in [2.05, 4.69) is 23.9 Å². The monoisotopic (exact) mass is 293 g/mol. The zero-order valence-corrected chi connectivity index (χ0v) is 12.9. The molecule has 4 N–H and O–H groups in total. The first-order chi connectivity index (χ1) is 10.2. The summed E-state index contributed by atoms with van der Waals surface area (Å²) >= 11 is 0. The number of nitrogens with two attached hydrogens (primary N) is 1. The van der Waals surface area contributed by atoms with Crippen LogP contribution in [0.25, 0.3) is 0 Å². The maximum atomic E-state index is 9.41. The summed E-state index contributed by atoms with van der Waals surface area (Å²) in [5.41, 5.74) is 6.85. The van der Waals surface area contributed by atoms with Gasteiger partial charge in [-0.2, -0.15) is 0 Å². The van der Waals surface area contributed by atoms with Gasteiger partial charge < -0.3 is 16.0 Å². The maximum absolute atomic E-state index is 9.41. The molecule has 1 aromatic carbocycles. The number of hydrogen-bond donors (Lipinski definition) is 3. The van der Waals surface area contributed by atoms with Gasteiger partial charge in [0.2, 0.25) is 0 Å². The summed E-state index contributed by atoms with van der Waals surface area (Å²) in [5, 5.41) is 21.4. The van der Waals surface area contributed by atoms with E-state index in [1.807, 2.05) is 30.3 Å². The van der Waals surface area contributed by atoms with E-state index >= 15 is 0 Å². The molecule has 5 nitrogen and oxygen atoms in total. The summed E-state index contributed by atoms with van der Waals surface area (Å²) in [6.45, 7) is 4.95. The molecule has 1 unspecified atom stereocenters. The predicted molar refractivity (Wildman–Crippen MR) is 85.4 cm³/mol. The van der Waals surface area contributed by atoms with Crippen LogP contribution < -0.4 is 5.73 Å². The van der Waals surface area contributed by atoms with Gasteiger partial charge in [0.25, 0.3) is 0 Å². The molecule has 0 aliphatic heterocycles. The molecule has 0 aliphatic carbocycles. The van der Waals surface area contributed by atoms with E-state index in [0.717, 1.165) is 18.4 Å². The van der Waals surface area contributed by atoms with Crippen molar-refractivity contribution < 1.29 is 10.3 Å². The lowest BCUT2D eigenvalue weighted by molar-refractivity contribution is 0.0984. The topological polar surface area (TPSA) is 82.1 Å². The molecule has 21 heavy (non-hydrogen) atoms. The SMILES string of the molecule is CCC(CC)N(CCO)C(CC(N)=NO)c1ccccc1. The summed E-state index contributed by atoms with van der Waals surface area (Å²) in [6, 6.07) is 10.4. The quantitative estimate of drug-likeness (QED) is 0.282. The van der Waals surface area contributed by atoms with Crippen molar-refractivity contribution >= 4 is 5.84 Å². The summed E-state index contributed by atoms with van der Waals surface area (Å²) < 4.78 is 0. The van der Waals surface area contributed by atoms with Gasteiger partial charge in [0.05, 0.1) is 6.61 Å². The van der Waals surface area contributed by atoms with Crippen LogP contribution in [0.3, 0.4) is 0 Å². The fourth-order valence-electron chi connectivity index (χ4n) is 2.81. The molecule has 0 aromatic heterocycles. The van der Waals surface area contributed by atoms with Crippen molar-refractivity contribution in [3.8, 4) is 0 Å². The highest BCUT2D eigenvalue weighted by Crippen LogP contribution is 2.28. The van der Waals surface area contributed by atoms with Crippen molar-refractivity contribution in [3.05, 3.63) is 35.9 Å². The maximum Gasteiger partial charge on any atom is 0.141 e. The molecule has 118 valence electrons. The number of rotatable bonds is 9. The van der Waals surface area contributed by atoms with Crippen LogP contribution in [0, 0.1) is 0 Å². The van der Waals surface area contributed by atoms with Crippen LogP contribution in [-0.2, 0) is 0 Å². The fraction of sp³-hybridized carbons (Fsp3) is 0.562. The van der Waals surface area contributed by atoms with Crippen molar-refractivity contribution in [1.82, 2.24) is 4.90 Å². The first-order valence-electron chi connectivity index (χ1n) is 7.55. The highest BCUT2D eigenvalue weighted by atomic mass is 16.4.